The normalized spacial score (nSPS) is 15.0. The molecule has 28 heavy (non-hydrogen) atoms. The number of hydrogen-bond acceptors (Lipinski definition) is 5. The number of nitrogens with zero attached hydrogens (tertiary/aromatic N) is 2. The van der Waals surface area contributed by atoms with Crippen LogP contribution in [-0.4, -0.2) is 46.4 Å². The van der Waals surface area contributed by atoms with Gasteiger partial charge in [-0.3, -0.25) is 10.3 Å². The van der Waals surface area contributed by atoms with Crippen molar-refractivity contribution in [2.24, 2.45) is 0 Å². The van der Waals surface area contributed by atoms with Crippen molar-refractivity contribution in [3.05, 3.63) is 29.1 Å². The highest BCUT2D eigenvalue weighted by Crippen LogP contribution is 2.32. The van der Waals surface area contributed by atoms with Gasteiger partial charge in [0.25, 0.3) is 0 Å². The Morgan fingerprint density at radius 1 is 1.14 bits per heavy atom. The Hall–Kier alpha value is -2.28. The van der Waals surface area contributed by atoms with Gasteiger partial charge in [0.1, 0.15) is 11.2 Å². The van der Waals surface area contributed by atoms with Crippen molar-refractivity contribution >= 4 is 35.0 Å². The number of pyridine rings is 1. The number of anilines is 1. The minimum absolute atomic E-state index is 0.338. The molecule has 1 aliphatic heterocycles. The molecule has 0 aromatic carbocycles. The minimum Gasteiger partial charge on any atom is -0.444 e. The van der Waals surface area contributed by atoms with Crippen molar-refractivity contribution in [1.29, 1.82) is 0 Å². The molecule has 2 rings (SSSR count). The Bertz CT molecular complexity index is 779. The van der Waals surface area contributed by atoms with Gasteiger partial charge >= 0.3 is 12.2 Å². The Labute approximate surface area is 171 Å². The van der Waals surface area contributed by atoms with E-state index in [-0.39, 0.29) is 6.09 Å². The Morgan fingerprint density at radius 2 is 1.79 bits per heavy atom. The standard InChI is InChI=1S/C20H28ClN3O4/c1-19(2,3)27-17(25)23-14-7-10-22-16(15(14)21)13-8-11-24(12-9-13)18(26)28-20(4,5)6/h7-8,10H,9,11-12H2,1-6H3,(H,22,23,25). The lowest BCUT2D eigenvalue weighted by Crippen LogP contribution is -2.39. The first-order valence-electron chi connectivity index (χ1n) is 9.17. The summed E-state index contributed by atoms with van der Waals surface area (Å²) >= 11 is 6.46. The van der Waals surface area contributed by atoms with E-state index in [9.17, 15) is 9.59 Å². The molecule has 0 saturated carbocycles. The molecule has 0 fully saturated rings. The molecule has 1 aromatic heterocycles. The maximum Gasteiger partial charge on any atom is 0.412 e. The van der Waals surface area contributed by atoms with Crippen LogP contribution in [0.5, 0.6) is 0 Å². The van der Waals surface area contributed by atoms with Gasteiger partial charge in [-0.05, 0) is 59.6 Å². The molecule has 0 unspecified atom stereocenters. The quantitative estimate of drug-likeness (QED) is 0.734. The van der Waals surface area contributed by atoms with Crippen LogP contribution in [0.1, 0.15) is 53.7 Å². The molecule has 1 aromatic rings. The van der Waals surface area contributed by atoms with Crippen LogP contribution in [0, 0.1) is 0 Å². The number of hydrogen-bond donors (Lipinski definition) is 1. The van der Waals surface area contributed by atoms with E-state index in [1.807, 2.05) is 26.8 Å². The molecule has 8 heteroatoms. The van der Waals surface area contributed by atoms with E-state index in [4.69, 9.17) is 21.1 Å². The van der Waals surface area contributed by atoms with Crippen LogP contribution in [-0.2, 0) is 9.47 Å². The summed E-state index contributed by atoms with van der Waals surface area (Å²) in [4.78, 5) is 30.2. The number of carbonyl (C=O) groups excluding carboxylic acids is 2. The average molecular weight is 410 g/mol. The van der Waals surface area contributed by atoms with Crippen molar-refractivity contribution < 1.29 is 19.1 Å². The molecule has 0 bridgehead atoms. The molecule has 0 atom stereocenters. The van der Waals surface area contributed by atoms with Crippen LogP contribution >= 0.6 is 11.6 Å². The highest BCUT2D eigenvalue weighted by Gasteiger charge is 2.25. The van der Waals surface area contributed by atoms with Crippen LogP contribution < -0.4 is 5.32 Å². The van der Waals surface area contributed by atoms with Crippen LogP contribution in [0.3, 0.4) is 0 Å². The summed E-state index contributed by atoms with van der Waals surface area (Å²) in [6.45, 7) is 11.8. The highest BCUT2D eigenvalue weighted by molar-refractivity contribution is 6.35. The molecule has 1 aliphatic rings. The van der Waals surface area contributed by atoms with Crippen molar-refractivity contribution in [2.45, 2.75) is 59.2 Å². The smallest absolute Gasteiger partial charge is 0.412 e. The van der Waals surface area contributed by atoms with Gasteiger partial charge in [0.05, 0.1) is 16.4 Å². The predicted octanol–water partition coefficient (Wildman–Crippen LogP) is 5.11. The van der Waals surface area contributed by atoms with Crippen molar-refractivity contribution in [3.63, 3.8) is 0 Å². The molecule has 1 N–H and O–H groups in total. The van der Waals surface area contributed by atoms with Gasteiger partial charge in [-0.2, -0.15) is 0 Å². The second kappa shape index (κ2) is 8.39. The topological polar surface area (TPSA) is 80.8 Å². The molecular formula is C20H28ClN3O4. The lowest BCUT2D eigenvalue weighted by Gasteiger charge is -2.29. The number of halogens is 1. The summed E-state index contributed by atoms with van der Waals surface area (Å²) in [7, 11) is 0. The molecule has 7 nitrogen and oxygen atoms in total. The molecular weight excluding hydrogens is 382 g/mol. The maximum absolute atomic E-state index is 12.2. The lowest BCUT2D eigenvalue weighted by molar-refractivity contribution is 0.0270. The summed E-state index contributed by atoms with van der Waals surface area (Å²) < 4.78 is 10.7. The van der Waals surface area contributed by atoms with E-state index < -0.39 is 17.3 Å². The predicted molar refractivity (Wildman–Crippen MR) is 110 cm³/mol. The summed E-state index contributed by atoms with van der Waals surface area (Å²) in [5.74, 6) is 0. The maximum atomic E-state index is 12.2. The number of nitrogens with one attached hydrogen (secondary N) is 1. The zero-order chi connectivity index (χ0) is 21.1. The van der Waals surface area contributed by atoms with E-state index in [1.54, 1.807) is 37.9 Å². The van der Waals surface area contributed by atoms with E-state index >= 15 is 0 Å². The number of rotatable bonds is 2. The van der Waals surface area contributed by atoms with Gasteiger partial charge in [-0.25, -0.2) is 9.59 Å². The van der Waals surface area contributed by atoms with Crippen molar-refractivity contribution in [2.75, 3.05) is 18.4 Å². The minimum atomic E-state index is -0.608. The van der Waals surface area contributed by atoms with Crippen LogP contribution in [0.4, 0.5) is 15.3 Å². The molecule has 0 spiro atoms. The first-order chi connectivity index (χ1) is 12.9. The molecule has 154 valence electrons. The highest BCUT2D eigenvalue weighted by atomic mass is 35.5. The lowest BCUT2D eigenvalue weighted by atomic mass is 10.0. The first kappa shape index (κ1) is 22.0. The monoisotopic (exact) mass is 409 g/mol. The SMILES string of the molecule is CC(C)(C)OC(=O)Nc1ccnc(C2=CCN(C(=O)OC(C)(C)C)CC2)c1Cl. The average Bonchev–Trinajstić information content (AvgIpc) is 2.54. The second-order valence-electron chi connectivity index (χ2n) is 8.55. The first-order valence-corrected chi connectivity index (χ1v) is 9.55. The summed E-state index contributed by atoms with van der Waals surface area (Å²) in [6.07, 6.45) is 3.14. The zero-order valence-electron chi connectivity index (χ0n) is 17.3. The number of carbonyl (C=O) groups is 2. The molecule has 0 aliphatic carbocycles. The number of aromatic nitrogens is 1. The van der Waals surface area contributed by atoms with Gasteiger partial charge in [0, 0.05) is 19.3 Å². The fourth-order valence-electron chi connectivity index (χ4n) is 2.55. The van der Waals surface area contributed by atoms with Crippen LogP contribution in [0.2, 0.25) is 5.02 Å². The summed E-state index contributed by atoms with van der Waals surface area (Å²) in [5, 5.41) is 2.99. The van der Waals surface area contributed by atoms with Crippen molar-refractivity contribution in [3.8, 4) is 0 Å². The Morgan fingerprint density at radius 3 is 2.32 bits per heavy atom. The van der Waals surface area contributed by atoms with Gasteiger partial charge in [-0.1, -0.05) is 17.7 Å². The van der Waals surface area contributed by atoms with E-state index in [1.165, 1.54) is 0 Å². The van der Waals surface area contributed by atoms with E-state index in [0.29, 0.717) is 35.9 Å². The fraction of sp³-hybridized carbons (Fsp3) is 0.550. The van der Waals surface area contributed by atoms with Gasteiger partial charge < -0.3 is 14.4 Å². The van der Waals surface area contributed by atoms with Crippen molar-refractivity contribution in [1.82, 2.24) is 9.88 Å². The second-order valence-corrected chi connectivity index (χ2v) is 8.93. The fourth-order valence-corrected chi connectivity index (χ4v) is 2.83. The number of ether oxygens (including phenoxy) is 2. The Balaban J connectivity index is 2.10. The van der Waals surface area contributed by atoms with Gasteiger partial charge in [0.15, 0.2) is 0 Å². The summed E-state index contributed by atoms with van der Waals surface area (Å²) in [5.41, 5.74) is 0.782. The third-order valence-corrected chi connectivity index (χ3v) is 4.07. The number of amides is 2. The largest absolute Gasteiger partial charge is 0.444 e. The zero-order valence-corrected chi connectivity index (χ0v) is 18.0. The van der Waals surface area contributed by atoms with E-state index in [0.717, 1.165) is 5.57 Å². The van der Waals surface area contributed by atoms with Crippen LogP contribution in [0.15, 0.2) is 18.3 Å². The summed E-state index contributed by atoms with van der Waals surface area (Å²) in [6, 6.07) is 1.62. The van der Waals surface area contributed by atoms with E-state index in [2.05, 4.69) is 10.3 Å². The van der Waals surface area contributed by atoms with Gasteiger partial charge in [-0.15, -0.1) is 0 Å². The molecule has 0 radical (unpaired) electrons. The molecule has 2 amide bonds. The molecule has 0 saturated heterocycles. The third-order valence-electron chi connectivity index (χ3n) is 3.69. The molecule has 2 heterocycles. The van der Waals surface area contributed by atoms with Gasteiger partial charge in [0.2, 0.25) is 0 Å². The Kier molecular flexibility index (Phi) is 6.59. The third kappa shape index (κ3) is 6.41. The van der Waals surface area contributed by atoms with Crippen LogP contribution in [0.25, 0.3) is 5.57 Å².